The summed E-state index contributed by atoms with van der Waals surface area (Å²) in [4.78, 5) is 12.0. The Kier molecular flexibility index (Phi) is 4.70. The van der Waals surface area contributed by atoms with Gasteiger partial charge in [0.2, 0.25) is 0 Å². The minimum atomic E-state index is -0.535. The first-order valence-corrected chi connectivity index (χ1v) is 7.74. The number of amides is 1. The van der Waals surface area contributed by atoms with Crippen LogP contribution >= 0.6 is 23.2 Å². The summed E-state index contributed by atoms with van der Waals surface area (Å²) < 4.78 is 5.22. The molecule has 3 aromatic rings. The highest BCUT2D eigenvalue weighted by Crippen LogP contribution is 2.24. The fourth-order valence-corrected chi connectivity index (χ4v) is 2.73. The summed E-state index contributed by atoms with van der Waals surface area (Å²) in [5.41, 5.74) is 1.40. The Labute approximate surface area is 143 Å². The van der Waals surface area contributed by atoms with Crippen molar-refractivity contribution < 1.29 is 9.53 Å². The van der Waals surface area contributed by atoms with Crippen molar-refractivity contribution in [2.75, 3.05) is 5.32 Å². The predicted molar refractivity (Wildman–Crippen MR) is 94.2 cm³/mol. The number of ether oxygens (including phenoxy) is 1. The lowest BCUT2D eigenvalue weighted by atomic mass is 10.1. The van der Waals surface area contributed by atoms with Crippen molar-refractivity contribution in [3.05, 3.63) is 76.3 Å². The van der Waals surface area contributed by atoms with Crippen molar-refractivity contribution in [2.24, 2.45) is 0 Å². The van der Waals surface area contributed by atoms with Gasteiger partial charge in [-0.25, -0.2) is 4.79 Å². The number of rotatable bonds is 3. The molecule has 3 aromatic carbocycles. The highest BCUT2D eigenvalue weighted by Gasteiger charge is 2.08. The molecule has 0 saturated carbocycles. The van der Waals surface area contributed by atoms with Gasteiger partial charge in [0.1, 0.15) is 6.61 Å². The zero-order chi connectivity index (χ0) is 16.2. The zero-order valence-electron chi connectivity index (χ0n) is 12.1. The largest absolute Gasteiger partial charge is 0.444 e. The average Bonchev–Trinajstić information content (AvgIpc) is 2.54. The summed E-state index contributed by atoms with van der Waals surface area (Å²) in [6.07, 6.45) is -0.535. The van der Waals surface area contributed by atoms with E-state index in [9.17, 15) is 4.79 Å². The van der Waals surface area contributed by atoms with E-state index in [1.54, 1.807) is 18.2 Å². The van der Waals surface area contributed by atoms with Gasteiger partial charge in [-0.1, -0.05) is 65.7 Å². The molecule has 0 unspecified atom stereocenters. The molecule has 0 aromatic heterocycles. The Morgan fingerprint density at radius 3 is 2.61 bits per heavy atom. The molecule has 0 radical (unpaired) electrons. The van der Waals surface area contributed by atoms with Gasteiger partial charge < -0.3 is 4.74 Å². The van der Waals surface area contributed by atoms with Crippen molar-refractivity contribution in [3.63, 3.8) is 0 Å². The van der Waals surface area contributed by atoms with Crippen LogP contribution in [0, 0.1) is 0 Å². The Morgan fingerprint density at radius 2 is 1.78 bits per heavy atom. The van der Waals surface area contributed by atoms with E-state index in [-0.39, 0.29) is 6.61 Å². The molecule has 0 atom stereocenters. The number of nitrogens with one attached hydrogen (secondary N) is 1. The number of halogens is 2. The molecule has 116 valence electrons. The van der Waals surface area contributed by atoms with Gasteiger partial charge in [-0.2, -0.15) is 0 Å². The molecule has 5 heteroatoms. The molecule has 23 heavy (non-hydrogen) atoms. The van der Waals surface area contributed by atoms with Crippen molar-refractivity contribution >= 4 is 45.8 Å². The van der Waals surface area contributed by atoms with Gasteiger partial charge >= 0.3 is 6.09 Å². The van der Waals surface area contributed by atoms with E-state index in [1.165, 1.54) is 0 Å². The molecule has 3 nitrogen and oxygen atoms in total. The van der Waals surface area contributed by atoms with E-state index in [0.29, 0.717) is 21.3 Å². The number of anilines is 1. The highest BCUT2D eigenvalue weighted by molar-refractivity contribution is 6.35. The van der Waals surface area contributed by atoms with Gasteiger partial charge in [0.15, 0.2) is 0 Å². The molecular formula is C18H13Cl2NO2. The average molecular weight is 346 g/mol. The van der Waals surface area contributed by atoms with Crippen LogP contribution in [0.25, 0.3) is 10.8 Å². The Balaban J connectivity index is 1.69. The molecule has 0 aliphatic carbocycles. The standard InChI is InChI=1S/C18H13Cl2NO2/c19-14-9-8-13(16(20)10-14)11-23-18(22)21-17-7-3-5-12-4-1-2-6-15(12)17/h1-10H,11H2,(H,21,22). The smallest absolute Gasteiger partial charge is 0.411 e. The summed E-state index contributed by atoms with van der Waals surface area (Å²) >= 11 is 11.9. The van der Waals surface area contributed by atoms with Gasteiger partial charge in [0.25, 0.3) is 0 Å². The molecule has 1 N–H and O–H groups in total. The zero-order valence-corrected chi connectivity index (χ0v) is 13.6. The fourth-order valence-electron chi connectivity index (χ4n) is 2.26. The van der Waals surface area contributed by atoms with Gasteiger partial charge in [-0.15, -0.1) is 0 Å². The van der Waals surface area contributed by atoms with Crippen LogP contribution in [0.15, 0.2) is 60.7 Å². The van der Waals surface area contributed by atoms with Crippen molar-refractivity contribution in [1.29, 1.82) is 0 Å². The third-order valence-electron chi connectivity index (χ3n) is 3.40. The minimum Gasteiger partial charge on any atom is -0.444 e. The van der Waals surface area contributed by atoms with Crippen LogP contribution in [0.5, 0.6) is 0 Å². The summed E-state index contributed by atoms with van der Waals surface area (Å²) in [6, 6.07) is 18.6. The number of hydrogen-bond donors (Lipinski definition) is 1. The van der Waals surface area contributed by atoms with Crippen LogP contribution in [0.2, 0.25) is 10.0 Å². The minimum absolute atomic E-state index is 0.0760. The van der Waals surface area contributed by atoms with Crippen LogP contribution in [0.3, 0.4) is 0 Å². The molecular weight excluding hydrogens is 333 g/mol. The fraction of sp³-hybridized carbons (Fsp3) is 0.0556. The highest BCUT2D eigenvalue weighted by atomic mass is 35.5. The Morgan fingerprint density at radius 1 is 1.00 bits per heavy atom. The van der Waals surface area contributed by atoms with Crippen LogP contribution in [-0.2, 0) is 11.3 Å². The molecule has 0 aliphatic heterocycles. The van der Waals surface area contributed by atoms with Gasteiger partial charge in [-0.05, 0) is 23.6 Å². The van der Waals surface area contributed by atoms with Gasteiger partial charge in [-0.3, -0.25) is 5.32 Å². The molecule has 3 rings (SSSR count). The molecule has 0 fully saturated rings. The molecule has 0 bridgehead atoms. The maximum atomic E-state index is 12.0. The van der Waals surface area contributed by atoms with E-state index in [2.05, 4.69) is 5.32 Å². The first-order chi connectivity index (χ1) is 11.1. The normalized spacial score (nSPS) is 10.5. The summed E-state index contributed by atoms with van der Waals surface area (Å²) in [5.74, 6) is 0. The van der Waals surface area contributed by atoms with Crippen LogP contribution in [0.4, 0.5) is 10.5 Å². The van der Waals surface area contributed by atoms with E-state index < -0.39 is 6.09 Å². The lowest BCUT2D eigenvalue weighted by Gasteiger charge is -2.10. The third kappa shape index (κ3) is 3.76. The topological polar surface area (TPSA) is 38.3 Å². The summed E-state index contributed by atoms with van der Waals surface area (Å²) in [7, 11) is 0. The molecule has 1 amide bonds. The number of fused-ring (bicyclic) bond motifs is 1. The summed E-state index contributed by atoms with van der Waals surface area (Å²) in [6.45, 7) is 0.0760. The van der Waals surface area contributed by atoms with Crippen LogP contribution in [-0.4, -0.2) is 6.09 Å². The predicted octanol–water partition coefficient (Wildman–Crippen LogP) is 5.90. The van der Waals surface area contributed by atoms with Crippen LogP contribution in [0.1, 0.15) is 5.56 Å². The first kappa shape index (κ1) is 15.7. The third-order valence-corrected chi connectivity index (χ3v) is 3.99. The number of benzene rings is 3. The van der Waals surface area contributed by atoms with Crippen molar-refractivity contribution in [2.45, 2.75) is 6.61 Å². The Hall–Kier alpha value is -2.23. The van der Waals surface area contributed by atoms with Crippen molar-refractivity contribution in [3.8, 4) is 0 Å². The lowest BCUT2D eigenvalue weighted by Crippen LogP contribution is -2.13. The molecule has 0 aliphatic rings. The number of carbonyl (C=O) groups excluding carboxylic acids is 1. The van der Waals surface area contributed by atoms with Gasteiger partial charge in [0, 0.05) is 21.0 Å². The second kappa shape index (κ2) is 6.90. The van der Waals surface area contributed by atoms with E-state index in [4.69, 9.17) is 27.9 Å². The maximum absolute atomic E-state index is 12.0. The quantitative estimate of drug-likeness (QED) is 0.642. The van der Waals surface area contributed by atoms with E-state index in [0.717, 1.165) is 10.8 Å². The second-order valence-electron chi connectivity index (χ2n) is 4.96. The maximum Gasteiger partial charge on any atom is 0.411 e. The number of hydrogen-bond acceptors (Lipinski definition) is 2. The SMILES string of the molecule is O=C(Nc1cccc2ccccc12)OCc1ccc(Cl)cc1Cl. The lowest BCUT2D eigenvalue weighted by molar-refractivity contribution is 0.155. The molecule has 0 saturated heterocycles. The summed E-state index contributed by atoms with van der Waals surface area (Å²) in [5, 5.41) is 5.77. The molecule has 0 heterocycles. The van der Waals surface area contributed by atoms with Gasteiger partial charge in [0.05, 0.1) is 5.69 Å². The second-order valence-corrected chi connectivity index (χ2v) is 5.81. The van der Waals surface area contributed by atoms with Crippen LogP contribution < -0.4 is 5.32 Å². The van der Waals surface area contributed by atoms with E-state index in [1.807, 2.05) is 42.5 Å². The Bertz CT molecular complexity index is 859. The first-order valence-electron chi connectivity index (χ1n) is 6.99. The van der Waals surface area contributed by atoms with Crippen molar-refractivity contribution in [1.82, 2.24) is 0 Å². The number of carbonyl (C=O) groups is 1. The molecule has 0 spiro atoms. The monoisotopic (exact) mass is 345 g/mol. The van der Waals surface area contributed by atoms with E-state index >= 15 is 0 Å².